The highest BCUT2D eigenvalue weighted by Crippen LogP contribution is 2.43. The molecule has 0 saturated heterocycles. The molecule has 3 heteroatoms. The molecular weight excluding hydrogens is 340 g/mol. The first-order chi connectivity index (χ1) is 12.2. The lowest BCUT2D eigenvalue weighted by atomic mass is 9.82. The number of benzene rings is 3. The van der Waals surface area contributed by atoms with Crippen molar-refractivity contribution in [3.05, 3.63) is 70.7 Å². The molecule has 0 amide bonds. The van der Waals surface area contributed by atoms with Crippen molar-refractivity contribution in [2.45, 2.75) is 33.1 Å². The van der Waals surface area contributed by atoms with Gasteiger partial charge in [0.1, 0.15) is 0 Å². The number of nitrogens with two attached hydrogens (primary N) is 2. The van der Waals surface area contributed by atoms with Crippen LogP contribution in [0.1, 0.15) is 31.9 Å². The van der Waals surface area contributed by atoms with Gasteiger partial charge in [-0.1, -0.05) is 74.8 Å². The van der Waals surface area contributed by atoms with Crippen LogP contribution in [0, 0.1) is 6.92 Å². The summed E-state index contributed by atoms with van der Waals surface area (Å²) in [4.78, 5) is 0. The minimum Gasteiger partial charge on any atom is -0.397 e. The Kier molecular flexibility index (Phi) is 4.72. The van der Waals surface area contributed by atoms with Crippen LogP contribution in [0.3, 0.4) is 0 Å². The molecule has 0 radical (unpaired) electrons. The van der Waals surface area contributed by atoms with E-state index in [1.165, 1.54) is 5.56 Å². The van der Waals surface area contributed by atoms with Gasteiger partial charge >= 0.3 is 0 Å². The minimum atomic E-state index is 0.0320. The second-order valence-corrected chi connectivity index (χ2v) is 8.14. The Hall–Kier alpha value is -2.45. The average Bonchev–Trinajstić information content (AvgIpc) is 2.60. The number of anilines is 2. The molecule has 0 unspecified atom stereocenters. The zero-order valence-corrected chi connectivity index (χ0v) is 16.5. The summed E-state index contributed by atoms with van der Waals surface area (Å²) < 4.78 is 0. The van der Waals surface area contributed by atoms with Crippen molar-refractivity contribution in [3.63, 3.8) is 0 Å². The van der Waals surface area contributed by atoms with Crippen molar-refractivity contribution in [2.24, 2.45) is 0 Å². The third-order valence-electron chi connectivity index (χ3n) is 4.77. The van der Waals surface area contributed by atoms with E-state index in [2.05, 4.69) is 51.1 Å². The predicted molar refractivity (Wildman–Crippen MR) is 115 cm³/mol. The predicted octanol–water partition coefficient (Wildman–Crippen LogP) is 6.44. The van der Waals surface area contributed by atoms with Crippen LogP contribution in [0.5, 0.6) is 0 Å². The van der Waals surface area contributed by atoms with E-state index in [-0.39, 0.29) is 5.41 Å². The lowest BCUT2D eigenvalue weighted by molar-refractivity contribution is 0.590. The first-order valence-corrected chi connectivity index (χ1v) is 9.12. The number of nitrogen functional groups attached to an aromatic ring is 2. The van der Waals surface area contributed by atoms with Gasteiger partial charge in [-0.25, -0.2) is 0 Å². The van der Waals surface area contributed by atoms with Gasteiger partial charge in [-0.15, -0.1) is 0 Å². The van der Waals surface area contributed by atoms with Gasteiger partial charge in [0.25, 0.3) is 0 Å². The van der Waals surface area contributed by atoms with Crippen LogP contribution in [0.15, 0.2) is 54.6 Å². The molecular formula is C23H25ClN2. The van der Waals surface area contributed by atoms with Crippen LogP contribution in [0.4, 0.5) is 11.4 Å². The Morgan fingerprint density at radius 1 is 0.846 bits per heavy atom. The first kappa shape index (κ1) is 18.3. The van der Waals surface area contributed by atoms with Crippen molar-refractivity contribution < 1.29 is 0 Å². The molecule has 0 aromatic heterocycles. The summed E-state index contributed by atoms with van der Waals surface area (Å²) >= 11 is 6.38. The van der Waals surface area contributed by atoms with Crippen molar-refractivity contribution in [1.29, 1.82) is 0 Å². The molecule has 3 aromatic carbocycles. The lowest BCUT2D eigenvalue weighted by Gasteiger charge is -2.23. The minimum absolute atomic E-state index is 0.0320. The number of halogens is 1. The van der Waals surface area contributed by atoms with Gasteiger partial charge in [-0.3, -0.25) is 0 Å². The van der Waals surface area contributed by atoms with E-state index in [4.69, 9.17) is 23.1 Å². The van der Waals surface area contributed by atoms with E-state index in [9.17, 15) is 0 Å². The molecule has 0 heterocycles. The maximum Gasteiger partial charge on any atom is 0.0871 e. The third kappa shape index (κ3) is 3.30. The number of hydrogen-bond acceptors (Lipinski definition) is 2. The Balaban J connectivity index is 2.37. The molecule has 0 fully saturated rings. The smallest absolute Gasteiger partial charge is 0.0871 e. The van der Waals surface area contributed by atoms with Crippen LogP contribution < -0.4 is 11.5 Å². The van der Waals surface area contributed by atoms with E-state index >= 15 is 0 Å². The molecule has 0 aliphatic rings. The summed E-state index contributed by atoms with van der Waals surface area (Å²) in [5, 5.41) is 0.422. The van der Waals surface area contributed by atoms with E-state index in [1.807, 2.05) is 31.2 Å². The van der Waals surface area contributed by atoms with Gasteiger partial charge in [0, 0.05) is 5.56 Å². The molecule has 134 valence electrons. The lowest BCUT2D eigenvalue weighted by Crippen LogP contribution is -2.11. The van der Waals surface area contributed by atoms with Crippen LogP contribution in [-0.4, -0.2) is 0 Å². The quantitative estimate of drug-likeness (QED) is 0.513. The Labute approximate surface area is 160 Å². The van der Waals surface area contributed by atoms with E-state index < -0.39 is 0 Å². The molecule has 26 heavy (non-hydrogen) atoms. The normalized spacial score (nSPS) is 11.6. The summed E-state index contributed by atoms with van der Waals surface area (Å²) in [6.07, 6.45) is 0. The van der Waals surface area contributed by atoms with Crippen molar-refractivity contribution in [2.75, 3.05) is 11.5 Å². The number of rotatable bonds is 2. The zero-order valence-electron chi connectivity index (χ0n) is 15.7. The average molecular weight is 365 g/mol. The van der Waals surface area contributed by atoms with Crippen molar-refractivity contribution in [1.82, 2.24) is 0 Å². The molecule has 0 atom stereocenters. The van der Waals surface area contributed by atoms with Crippen LogP contribution in [-0.2, 0) is 5.41 Å². The number of aryl methyl sites for hydroxylation is 1. The van der Waals surface area contributed by atoms with Gasteiger partial charge in [0.15, 0.2) is 0 Å². The fourth-order valence-corrected chi connectivity index (χ4v) is 3.44. The highest BCUT2D eigenvalue weighted by atomic mass is 35.5. The molecule has 0 saturated carbocycles. The van der Waals surface area contributed by atoms with Crippen LogP contribution >= 0.6 is 11.6 Å². The Morgan fingerprint density at radius 2 is 1.50 bits per heavy atom. The molecule has 0 aliphatic heterocycles. The fourth-order valence-electron chi connectivity index (χ4n) is 3.29. The molecule has 3 rings (SSSR count). The van der Waals surface area contributed by atoms with Gasteiger partial charge in [-0.2, -0.15) is 0 Å². The zero-order chi connectivity index (χ0) is 19.1. The second-order valence-electron chi connectivity index (χ2n) is 7.76. The fraction of sp³-hybridized carbons (Fsp3) is 0.217. The van der Waals surface area contributed by atoms with Crippen molar-refractivity contribution >= 4 is 23.0 Å². The van der Waals surface area contributed by atoms with Gasteiger partial charge < -0.3 is 11.5 Å². The van der Waals surface area contributed by atoms with Crippen molar-refractivity contribution in [3.8, 4) is 22.3 Å². The summed E-state index contributed by atoms with van der Waals surface area (Å²) in [7, 11) is 0. The highest BCUT2D eigenvalue weighted by Gasteiger charge is 2.20. The third-order valence-corrected chi connectivity index (χ3v) is 5.19. The summed E-state index contributed by atoms with van der Waals surface area (Å²) in [6.45, 7) is 8.65. The molecule has 0 bridgehead atoms. The maximum atomic E-state index is 6.41. The van der Waals surface area contributed by atoms with Gasteiger partial charge in [-0.05, 0) is 52.3 Å². The van der Waals surface area contributed by atoms with Gasteiger partial charge in [0.2, 0.25) is 0 Å². The van der Waals surface area contributed by atoms with E-state index in [0.717, 1.165) is 27.8 Å². The monoisotopic (exact) mass is 364 g/mol. The second kappa shape index (κ2) is 6.69. The maximum absolute atomic E-state index is 6.41. The molecule has 2 nitrogen and oxygen atoms in total. The number of hydrogen-bond donors (Lipinski definition) is 2. The Morgan fingerprint density at radius 3 is 2.12 bits per heavy atom. The largest absolute Gasteiger partial charge is 0.397 e. The van der Waals surface area contributed by atoms with E-state index in [1.54, 1.807) is 0 Å². The molecule has 0 spiro atoms. The molecule has 4 N–H and O–H groups in total. The van der Waals surface area contributed by atoms with Crippen LogP contribution in [0.2, 0.25) is 5.02 Å². The Bertz CT molecular complexity index is 954. The van der Waals surface area contributed by atoms with Crippen LogP contribution in [0.25, 0.3) is 22.3 Å². The summed E-state index contributed by atoms with van der Waals surface area (Å²) in [6, 6.07) is 18.8. The standard InChI is InChI=1S/C23H25ClN2/c1-14-12-19(25)21(24)22(26)20(14)18-13-16(23(2,3)4)10-11-17(18)15-8-6-5-7-9-15/h5-13H,25-26H2,1-4H3. The van der Waals surface area contributed by atoms with E-state index in [0.29, 0.717) is 16.4 Å². The highest BCUT2D eigenvalue weighted by molar-refractivity contribution is 6.36. The molecule has 3 aromatic rings. The molecule has 0 aliphatic carbocycles. The summed E-state index contributed by atoms with van der Waals surface area (Å²) in [5.41, 5.74) is 20.1. The first-order valence-electron chi connectivity index (χ1n) is 8.74. The SMILES string of the molecule is Cc1cc(N)c(Cl)c(N)c1-c1cc(C(C)(C)C)ccc1-c1ccccc1. The topological polar surface area (TPSA) is 52.0 Å². The summed E-state index contributed by atoms with van der Waals surface area (Å²) in [5.74, 6) is 0. The van der Waals surface area contributed by atoms with Gasteiger partial charge in [0.05, 0.1) is 16.4 Å².